The molecule has 0 aromatic heterocycles. The molecule has 2 aliphatic heterocycles. The van der Waals surface area contributed by atoms with Crippen LogP contribution in [-0.2, 0) is 57.7 Å². The Hall–Kier alpha value is -6.32. The average molecular weight is 1210 g/mol. The smallest absolute Gasteiger partial charge is 0.245 e. The number of fused-ring (bicyclic) bond motifs is 2. The Morgan fingerprint density at radius 2 is 1.55 bits per heavy atom. The van der Waals surface area contributed by atoms with Gasteiger partial charge in [0.2, 0.25) is 32.6 Å². The van der Waals surface area contributed by atoms with E-state index in [-0.39, 0.29) is 85.7 Å². The number of benzene rings is 4. The molecule has 0 radical (unpaired) electrons. The fourth-order valence-corrected chi connectivity index (χ4v) is 10.7. The second-order valence-corrected chi connectivity index (χ2v) is 21.9. The number of unbranched alkanes of at least 4 members (excludes halogenated alkanes) is 2. The molecule has 3 aromatic rings. The van der Waals surface area contributed by atoms with Crippen LogP contribution in [0.15, 0.2) is 112 Å². The summed E-state index contributed by atoms with van der Waals surface area (Å²) in [5, 5.41) is 64.8. The van der Waals surface area contributed by atoms with Crippen molar-refractivity contribution in [1.29, 1.82) is 0 Å². The maximum atomic E-state index is 13.6. The van der Waals surface area contributed by atoms with Crippen LogP contribution < -0.4 is 26.7 Å². The monoisotopic (exact) mass is 1210 g/mol. The van der Waals surface area contributed by atoms with Gasteiger partial charge >= 0.3 is 0 Å². The largest absolute Gasteiger partial charge is 0.726 e. The number of ether oxygens (including phenoxy) is 4. The molecule has 2 amide bonds. The van der Waals surface area contributed by atoms with Gasteiger partial charge in [-0.1, -0.05) is 60.7 Å². The van der Waals surface area contributed by atoms with Gasteiger partial charge in [0, 0.05) is 65.4 Å². The highest BCUT2D eigenvalue weighted by molar-refractivity contribution is 7.81. The summed E-state index contributed by atoms with van der Waals surface area (Å²) in [4.78, 5) is 38.2. The Balaban J connectivity index is 0.781. The lowest BCUT2D eigenvalue weighted by atomic mass is 9.90. The summed E-state index contributed by atoms with van der Waals surface area (Å²) in [5.74, 6) is -1.06. The standard InChI is InChI=1S/C55H66N4O21S3/c60-37-14-17-40-44(29-37)78-45-30-38(61)15-18-41(45)48(40)39-16-13-36(28-43(39)53(66)67)59-55(81)58-20-6-2-5-19-56-47(62)32-75-25-24-74-22-7-10-35-26-34(12-11-33-8-3-1-4-9-33)27-42(35)52(65)57-21-23-76-54-50(64)51(80-83(71,72)73)49(63)46(79-54)31-77-82(68,69)70/h1,3-4,7-18,28-30,34-35,42,46,49-51,53-54,60,63-64,66-67H,2,5-6,19-27,31-32H2,(H,56,62)(H,57,65)(H2,58,59,81)(H,68,69,70)(H,71,72,73)/p-2/b10-7+,12-11+. The molecule has 8 atom stereocenters. The molecule has 1 saturated carbocycles. The van der Waals surface area contributed by atoms with E-state index in [2.05, 4.69) is 29.6 Å². The summed E-state index contributed by atoms with van der Waals surface area (Å²) in [7, 11) is -10.8. The van der Waals surface area contributed by atoms with Crippen LogP contribution in [0.3, 0.4) is 0 Å². The number of allylic oxidation sites excluding steroid dienone is 2. The molecular formula is C55H64N4O21S3-2. The van der Waals surface area contributed by atoms with Crippen molar-refractivity contribution in [2.45, 2.75) is 69.1 Å². The Kier molecular flexibility index (Phi) is 23.6. The molecule has 83 heavy (non-hydrogen) atoms. The number of hydrogen-bond donors (Lipinski definition) is 9. The highest BCUT2D eigenvalue weighted by atomic mass is 32.3. The van der Waals surface area contributed by atoms with Crippen LogP contribution in [0.5, 0.6) is 5.75 Å². The summed E-state index contributed by atoms with van der Waals surface area (Å²) in [6.45, 7) is -0.320. The van der Waals surface area contributed by atoms with Crippen molar-refractivity contribution in [2.24, 2.45) is 17.8 Å². The number of carbonyl (C=O) groups excluding carboxylic acids is 2. The number of aromatic hydroxyl groups is 1. The van der Waals surface area contributed by atoms with E-state index in [0.29, 0.717) is 70.8 Å². The first-order valence-electron chi connectivity index (χ1n) is 26.3. The Bertz CT molecular complexity index is 3310. The van der Waals surface area contributed by atoms with Crippen LogP contribution in [0.4, 0.5) is 5.69 Å². The summed E-state index contributed by atoms with van der Waals surface area (Å²) in [6, 6.07) is 23.5. The van der Waals surface area contributed by atoms with Gasteiger partial charge in [-0.2, -0.15) is 0 Å². The van der Waals surface area contributed by atoms with Crippen LogP contribution in [0.1, 0.15) is 49.5 Å². The third kappa shape index (κ3) is 19.6. The molecule has 7 rings (SSSR count). The fourth-order valence-electron chi connectivity index (χ4n) is 9.63. The number of aliphatic hydroxyl groups is 4. The summed E-state index contributed by atoms with van der Waals surface area (Å²) in [6.07, 6.45) is -0.854. The van der Waals surface area contributed by atoms with Gasteiger partial charge in [-0.3, -0.25) is 22.7 Å². The molecule has 4 aliphatic rings. The molecule has 25 nitrogen and oxygen atoms in total. The first-order chi connectivity index (χ1) is 39.6. The lowest BCUT2D eigenvalue weighted by molar-refractivity contribution is -0.295. The van der Waals surface area contributed by atoms with Crippen molar-refractivity contribution in [3.8, 4) is 28.2 Å². The van der Waals surface area contributed by atoms with E-state index in [9.17, 15) is 65.9 Å². The third-order valence-corrected chi connectivity index (χ3v) is 14.6. The van der Waals surface area contributed by atoms with Crippen molar-refractivity contribution in [3.63, 3.8) is 0 Å². The Morgan fingerprint density at radius 3 is 2.30 bits per heavy atom. The molecule has 450 valence electrons. The molecular weight excluding hydrogens is 1150 g/mol. The summed E-state index contributed by atoms with van der Waals surface area (Å²) >= 11 is 5.49. The maximum absolute atomic E-state index is 13.6. The lowest BCUT2D eigenvalue weighted by Gasteiger charge is -2.42. The van der Waals surface area contributed by atoms with Crippen molar-refractivity contribution in [1.82, 2.24) is 16.0 Å². The molecule has 2 heterocycles. The number of phenolic OH excluding ortho intramolecular Hbond substituents is 1. The van der Waals surface area contributed by atoms with Crippen LogP contribution >= 0.6 is 12.2 Å². The van der Waals surface area contributed by atoms with Crippen LogP contribution in [0, 0.1) is 17.8 Å². The van der Waals surface area contributed by atoms with Gasteiger partial charge in [0.1, 0.15) is 48.1 Å². The van der Waals surface area contributed by atoms with Gasteiger partial charge in [0.15, 0.2) is 23.1 Å². The predicted octanol–water partition coefficient (Wildman–Crippen LogP) is 2.67. The molecule has 2 aliphatic carbocycles. The van der Waals surface area contributed by atoms with Gasteiger partial charge < -0.3 is 79.3 Å². The van der Waals surface area contributed by atoms with Crippen molar-refractivity contribution >= 4 is 72.7 Å². The van der Waals surface area contributed by atoms with E-state index in [4.69, 9.17) is 35.6 Å². The van der Waals surface area contributed by atoms with Crippen LogP contribution in [-0.4, -0.2) is 158 Å². The molecule has 2 fully saturated rings. The number of anilines is 1. The zero-order chi connectivity index (χ0) is 59.7. The van der Waals surface area contributed by atoms with Gasteiger partial charge in [-0.25, -0.2) is 16.8 Å². The minimum Gasteiger partial charge on any atom is -0.726 e. The second-order valence-electron chi connectivity index (χ2n) is 19.5. The van der Waals surface area contributed by atoms with E-state index >= 15 is 0 Å². The topological polar surface area (TPSA) is 383 Å². The van der Waals surface area contributed by atoms with Gasteiger partial charge in [0.25, 0.3) is 0 Å². The molecule has 8 unspecified atom stereocenters. The number of amides is 2. The molecule has 0 bridgehead atoms. The van der Waals surface area contributed by atoms with Crippen LogP contribution in [0.2, 0.25) is 0 Å². The quantitative estimate of drug-likeness (QED) is 0.00632. The number of rotatable bonds is 29. The number of thiocarbonyl (C=S) groups is 1. The number of nitrogens with one attached hydrogen (secondary N) is 4. The molecule has 1 saturated heterocycles. The highest BCUT2D eigenvalue weighted by Crippen LogP contribution is 2.44. The number of phenols is 1. The molecule has 0 spiro atoms. The van der Waals surface area contributed by atoms with Crippen molar-refractivity contribution in [2.75, 3.05) is 64.6 Å². The van der Waals surface area contributed by atoms with E-state index < -0.39 is 70.3 Å². The number of hydrogen-bond acceptors (Lipinski definition) is 22. The lowest BCUT2D eigenvalue weighted by Crippen LogP contribution is -2.61. The predicted molar refractivity (Wildman–Crippen MR) is 300 cm³/mol. The Morgan fingerprint density at radius 1 is 0.807 bits per heavy atom. The minimum absolute atomic E-state index is 0.0304. The van der Waals surface area contributed by atoms with Gasteiger partial charge in [-0.05, 0) is 104 Å². The second kappa shape index (κ2) is 30.5. The van der Waals surface area contributed by atoms with Gasteiger partial charge in [-0.15, -0.1) is 0 Å². The fraction of sp³-hybridized carbons (Fsp3) is 0.418. The molecule has 9 N–H and O–H groups in total. The first-order valence-corrected chi connectivity index (χ1v) is 29.4. The maximum Gasteiger partial charge on any atom is 0.245 e. The SMILES string of the molecule is O=C(COCCOC/C=C/C1CC(/C=C/c2ccccc2)CC1C(=O)NCCOC1OC(COS(=O)(=O)[O-])C(O)C(OS(=O)(=O)[O-])C1O)NCCCCCNC(=S)Nc1ccc(-c2c3ccc(=O)cc-3oc3cc(O)ccc23)c(C(O)O)c1. The highest BCUT2D eigenvalue weighted by Gasteiger charge is 2.47. The molecule has 3 aromatic carbocycles. The Labute approximate surface area is 483 Å². The zero-order valence-corrected chi connectivity index (χ0v) is 46.9. The van der Waals surface area contributed by atoms with Crippen molar-refractivity contribution < 1.29 is 92.8 Å². The van der Waals surface area contributed by atoms with E-state index in [1.165, 1.54) is 24.3 Å². The minimum atomic E-state index is -5.51. The van der Waals surface area contributed by atoms with Crippen LogP contribution in [0.25, 0.3) is 39.5 Å². The molecule has 28 heteroatoms. The van der Waals surface area contributed by atoms with Crippen molar-refractivity contribution in [3.05, 3.63) is 125 Å². The van der Waals surface area contributed by atoms with E-state index in [1.807, 2.05) is 48.6 Å². The normalized spacial score (nSPS) is 21.3. The summed E-state index contributed by atoms with van der Waals surface area (Å²) in [5.41, 5.74) is 3.29. The third-order valence-electron chi connectivity index (χ3n) is 13.5. The number of carbonyl (C=O) groups is 2. The van der Waals surface area contributed by atoms with Gasteiger partial charge in [0.05, 0.1) is 33.0 Å². The van der Waals surface area contributed by atoms with E-state index in [1.54, 1.807) is 36.4 Å². The zero-order valence-electron chi connectivity index (χ0n) is 44.5. The first kappa shape index (κ1) is 64.2. The number of aliphatic hydroxyl groups excluding tert-OH is 3. The average Bonchev–Trinajstić information content (AvgIpc) is 2.12. The van der Waals surface area contributed by atoms with E-state index in [0.717, 1.165) is 18.4 Å². The summed E-state index contributed by atoms with van der Waals surface area (Å²) < 4.78 is 103.